The minimum absolute atomic E-state index is 0.352. The molecule has 2 fully saturated rings. The number of imide groups is 1. The van der Waals surface area contributed by atoms with Crippen molar-refractivity contribution in [2.24, 2.45) is 0 Å². The largest absolute Gasteiger partial charge is 0.482 e. The van der Waals surface area contributed by atoms with Gasteiger partial charge in [0.15, 0.2) is 0 Å². The summed E-state index contributed by atoms with van der Waals surface area (Å²) < 4.78 is 5.91. The summed E-state index contributed by atoms with van der Waals surface area (Å²) in [6, 6.07) is 5.94. The van der Waals surface area contributed by atoms with Gasteiger partial charge in [-0.3, -0.25) is 4.79 Å². The minimum Gasteiger partial charge on any atom is -0.482 e. The van der Waals surface area contributed by atoms with E-state index in [0.717, 1.165) is 4.90 Å². The van der Waals surface area contributed by atoms with Crippen LogP contribution in [0.2, 0.25) is 0 Å². The molecule has 1 aromatic carbocycles. The summed E-state index contributed by atoms with van der Waals surface area (Å²) in [5.41, 5.74) is 0.524. The lowest BCUT2D eigenvalue weighted by molar-refractivity contribution is -0.121. The van der Waals surface area contributed by atoms with Crippen LogP contribution in [0.1, 0.15) is 25.8 Å². The van der Waals surface area contributed by atoms with Gasteiger partial charge in [-0.2, -0.15) is 5.26 Å². The molecule has 3 aliphatic heterocycles. The number of hydrogen-bond donors (Lipinski definition) is 1. The van der Waals surface area contributed by atoms with Crippen molar-refractivity contribution in [2.75, 3.05) is 11.4 Å². The molecule has 0 saturated carbocycles. The normalized spacial score (nSPS) is 26.7. The molecular formula is C18H17N3O4. The molecule has 0 radical (unpaired) electrons. The standard InChI is InChI=1S/C18H17N3O4/c1-18(2)10(9-19)8-11-12(4-3-5-14(11)25-18)21-16(23)15-13(22)6-7-20(15)17(21)24/h3-5,8,13,15,22H,6-7H2,1-2H3/t13-,15+/m1/s1. The lowest BCUT2D eigenvalue weighted by Crippen LogP contribution is -2.37. The molecule has 3 heterocycles. The van der Waals surface area contributed by atoms with E-state index in [9.17, 15) is 20.0 Å². The van der Waals surface area contributed by atoms with E-state index in [-0.39, 0.29) is 0 Å². The van der Waals surface area contributed by atoms with Crippen molar-refractivity contribution in [3.8, 4) is 11.8 Å². The molecule has 0 spiro atoms. The highest BCUT2D eigenvalue weighted by atomic mass is 16.5. The van der Waals surface area contributed by atoms with Crippen molar-refractivity contribution >= 4 is 23.7 Å². The van der Waals surface area contributed by atoms with Gasteiger partial charge in [-0.1, -0.05) is 6.07 Å². The highest BCUT2D eigenvalue weighted by Crippen LogP contribution is 2.42. The Kier molecular flexibility index (Phi) is 3.18. The molecular weight excluding hydrogens is 322 g/mol. The summed E-state index contributed by atoms with van der Waals surface area (Å²) in [7, 11) is 0. The van der Waals surface area contributed by atoms with Crippen molar-refractivity contribution in [1.29, 1.82) is 5.26 Å². The highest BCUT2D eigenvalue weighted by Gasteiger charge is 2.53. The molecule has 25 heavy (non-hydrogen) atoms. The summed E-state index contributed by atoms with van der Waals surface area (Å²) in [4.78, 5) is 27.9. The van der Waals surface area contributed by atoms with Crippen molar-refractivity contribution in [3.63, 3.8) is 0 Å². The Morgan fingerprint density at radius 2 is 2.12 bits per heavy atom. The second-order valence-corrected chi connectivity index (χ2v) is 6.92. The monoisotopic (exact) mass is 339 g/mol. The van der Waals surface area contributed by atoms with Crippen LogP contribution in [0.3, 0.4) is 0 Å². The molecule has 0 unspecified atom stereocenters. The number of benzene rings is 1. The number of carbonyl (C=O) groups excluding carboxylic acids is 2. The number of nitrogens with zero attached hydrogens (tertiary/aromatic N) is 3. The van der Waals surface area contributed by atoms with Crippen LogP contribution in [0.15, 0.2) is 23.8 Å². The number of urea groups is 1. The van der Waals surface area contributed by atoms with E-state index in [1.807, 2.05) is 0 Å². The number of hydrogen-bond acceptors (Lipinski definition) is 5. The second-order valence-electron chi connectivity index (χ2n) is 6.92. The van der Waals surface area contributed by atoms with Gasteiger partial charge in [-0.05, 0) is 38.5 Å². The summed E-state index contributed by atoms with van der Waals surface area (Å²) in [5, 5.41) is 19.4. The first-order valence-electron chi connectivity index (χ1n) is 8.12. The Morgan fingerprint density at radius 1 is 1.36 bits per heavy atom. The number of ether oxygens (including phenoxy) is 1. The fraction of sp³-hybridized carbons (Fsp3) is 0.389. The third-order valence-electron chi connectivity index (χ3n) is 4.98. The number of carbonyl (C=O) groups is 2. The lowest BCUT2D eigenvalue weighted by Gasteiger charge is -2.32. The zero-order valence-electron chi connectivity index (χ0n) is 13.9. The molecule has 3 aliphatic rings. The number of aliphatic hydroxyl groups is 1. The molecule has 7 nitrogen and oxygen atoms in total. The topological polar surface area (TPSA) is 93.9 Å². The van der Waals surface area contributed by atoms with Gasteiger partial charge in [0.2, 0.25) is 0 Å². The average molecular weight is 339 g/mol. The molecule has 2 saturated heterocycles. The van der Waals surface area contributed by atoms with Gasteiger partial charge >= 0.3 is 6.03 Å². The van der Waals surface area contributed by atoms with Crippen molar-refractivity contribution < 1.29 is 19.4 Å². The second kappa shape index (κ2) is 5.07. The quantitative estimate of drug-likeness (QED) is 0.786. The number of aliphatic hydroxyl groups excluding tert-OH is 1. The fourth-order valence-corrected chi connectivity index (χ4v) is 3.64. The SMILES string of the molecule is CC1(C)Oc2cccc(N3C(=O)[C@@H]4[C@H](O)CCN4C3=O)c2C=C1C#N. The smallest absolute Gasteiger partial charge is 0.332 e. The molecule has 0 aliphatic carbocycles. The van der Waals surface area contributed by atoms with Crippen LogP contribution in [0, 0.1) is 11.3 Å². The van der Waals surface area contributed by atoms with Crippen LogP contribution >= 0.6 is 0 Å². The summed E-state index contributed by atoms with van der Waals surface area (Å²) in [6.07, 6.45) is 1.22. The Balaban J connectivity index is 1.83. The van der Waals surface area contributed by atoms with Gasteiger partial charge in [0, 0.05) is 12.1 Å². The van der Waals surface area contributed by atoms with E-state index >= 15 is 0 Å². The molecule has 3 amide bonds. The van der Waals surface area contributed by atoms with Gasteiger partial charge in [0.05, 0.1) is 23.4 Å². The predicted molar refractivity (Wildman–Crippen MR) is 88.7 cm³/mol. The summed E-state index contributed by atoms with van der Waals surface area (Å²) >= 11 is 0. The van der Waals surface area contributed by atoms with Crippen LogP contribution in [0.25, 0.3) is 6.08 Å². The molecule has 0 bridgehead atoms. The molecule has 128 valence electrons. The average Bonchev–Trinajstić information content (AvgIpc) is 3.05. The van der Waals surface area contributed by atoms with Gasteiger partial charge in [0.25, 0.3) is 5.91 Å². The van der Waals surface area contributed by atoms with E-state index in [2.05, 4.69) is 6.07 Å². The van der Waals surface area contributed by atoms with Crippen LogP contribution < -0.4 is 9.64 Å². The Hall–Kier alpha value is -2.85. The van der Waals surface area contributed by atoms with E-state index in [1.165, 1.54) is 4.90 Å². The highest BCUT2D eigenvalue weighted by molar-refractivity contribution is 6.22. The van der Waals surface area contributed by atoms with E-state index in [1.54, 1.807) is 38.1 Å². The first-order chi connectivity index (χ1) is 11.8. The molecule has 1 N–H and O–H groups in total. The number of rotatable bonds is 1. The maximum Gasteiger partial charge on any atom is 0.332 e. The lowest BCUT2D eigenvalue weighted by atomic mass is 9.92. The van der Waals surface area contributed by atoms with Crippen LogP contribution in [0.5, 0.6) is 5.75 Å². The summed E-state index contributed by atoms with van der Waals surface area (Å²) in [5.74, 6) is 0.0647. The Labute approximate surface area is 144 Å². The zero-order valence-corrected chi connectivity index (χ0v) is 13.9. The van der Waals surface area contributed by atoms with Crippen molar-refractivity contribution in [3.05, 3.63) is 29.3 Å². The van der Waals surface area contributed by atoms with E-state index in [4.69, 9.17) is 4.74 Å². The van der Waals surface area contributed by atoms with Gasteiger partial charge in [-0.25, -0.2) is 9.69 Å². The Bertz CT molecular complexity index is 868. The van der Waals surface area contributed by atoms with Crippen LogP contribution in [-0.4, -0.2) is 46.2 Å². The van der Waals surface area contributed by atoms with E-state index in [0.29, 0.717) is 35.5 Å². The van der Waals surface area contributed by atoms with Crippen molar-refractivity contribution in [2.45, 2.75) is 38.0 Å². The summed E-state index contributed by atoms with van der Waals surface area (Å²) in [6.45, 7) is 3.93. The maximum absolute atomic E-state index is 12.7. The minimum atomic E-state index is -0.846. The van der Waals surface area contributed by atoms with Crippen molar-refractivity contribution in [1.82, 2.24) is 4.90 Å². The third-order valence-corrected chi connectivity index (χ3v) is 4.98. The maximum atomic E-state index is 12.7. The van der Waals surface area contributed by atoms with Gasteiger partial charge in [0.1, 0.15) is 17.4 Å². The first kappa shape index (κ1) is 15.7. The molecule has 7 heteroatoms. The zero-order chi connectivity index (χ0) is 17.9. The van der Waals surface area contributed by atoms with Crippen LogP contribution in [0.4, 0.5) is 10.5 Å². The number of fused-ring (bicyclic) bond motifs is 2. The number of amides is 3. The molecule has 4 rings (SSSR count). The third kappa shape index (κ3) is 2.07. The Morgan fingerprint density at radius 3 is 2.80 bits per heavy atom. The molecule has 1 aromatic rings. The van der Waals surface area contributed by atoms with E-state index < -0.39 is 29.7 Å². The fourth-order valence-electron chi connectivity index (χ4n) is 3.64. The van der Waals surface area contributed by atoms with Gasteiger partial charge in [-0.15, -0.1) is 0 Å². The van der Waals surface area contributed by atoms with Crippen LogP contribution in [-0.2, 0) is 4.79 Å². The predicted octanol–water partition coefficient (Wildman–Crippen LogP) is 1.67. The first-order valence-corrected chi connectivity index (χ1v) is 8.12. The van der Waals surface area contributed by atoms with Gasteiger partial charge < -0.3 is 14.7 Å². The number of anilines is 1. The molecule has 0 aromatic heterocycles. The molecule has 2 atom stereocenters. The number of nitriles is 1.